The number of imide groups is 2. The summed E-state index contributed by atoms with van der Waals surface area (Å²) in [5.41, 5.74) is 1.33. The average molecular weight is 725 g/mol. The van der Waals surface area contributed by atoms with Crippen molar-refractivity contribution in [3.8, 4) is 0 Å². The van der Waals surface area contributed by atoms with Crippen LogP contribution in [0.2, 0.25) is 0 Å². The number of anilines is 2. The minimum Gasteiger partial charge on any atom is -0.274 e. The van der Waals surface area contributed by atoms with E-state index in [4.69, 9.17) is 0 Å². The largest absolute Gasteiger partial charge is 0.274 e. The van der Waals surface area contributed by atoms with Gasteiger partial charge >= 0.3 is 0 Å². The van der Waals surface area contributed by atoms with Gasteiger partial charge < -0.3 is 0 Å². The van der Waals surface area contributed by atoms with Crippen molar-refractivity contribution in [3.05, 3.63) is 121 Å². The molecule has 10 rings (SSSR count). The third-order valence-electron chi connectivity index (χ3n) is 11.5. The second-order valence-electron chi connectivity index (χ2n) is 14.3. The Hall–Kier alpha value is -4.31. The molecule has 4 aromatic rings. The van der Waals surface area contributed by atoms with Crippen LogP contribution in [-0.2, 0) is 19.2 Å². The summed E-state index contributed by atoms with van der Waals surface area (Å²) >= 11 is 5.01. The summed E-state index contributed by atoms with van der Waals surface area (Å²) in [6, 6.07) is 32.4. The highest BCUT2D eigenvalue weighted by atomic mass is 32.2. The first kappa shape index (κ1) is 31.4. The zero-order valence-corrected chi connectivity index (χ0v) is 29.8. The second-order valence-corrected chi connectivity index (χ2v) is 17.7. The van der Waals surface area contributed by atoms with Crippen molar-refractivity contribution < 1.29 is 19.2 Å². The maximum Gasteiger partial charge on any atom is 0.238 e. The predicted molar refractivity (Wildman–Crippen MR) is 199 cm³/mol. The fourth-order valence-corrected chi connectivity index (χ4v) is 11.6. The lowest BCUT2D eigenvalue weighted by Gasteiger charge is -2.17. The third-order valence-corrected chi connectivity index (χ3v) is 14.5. The van der Waals surface area contributed by atoms with Gasteiger partial charge in [-0.1, -0.05) is 59.6 Å². The number of hydrogen-bond acceptors (Lipinski definition) is 7. The van der Waals surface area contributed by atoms with E-state index in [0.717, 1.165) is 42.2 Å². The Bertz CT molecular complexity index is 1950. The van der Waals surface area contributed by atoms with Gasteiger partial charge in [0.15, 0.2) is 0 Å². The molecule has 2 heterocycles. The zero-order chi connectivity index (χ0) is 34.4. The molecule has 4 aromatic carbocycles. The molecule has 2 aliphatic heterocycles. The van der Waals surface area contributed by atoms with Crippen LogP contribution in [0.3, 0.4) is 0 Å². The van der Waals surface area contributed by atoms with Crippen LogP contribution in [0, 0.1) is 47.3 Å². The summed E-state index contributed by atoms with van der Waals surface area (Å²) < 4.78 is 0. The van der Waals surface area contributed by atoms with Crippen molar-refractivity contribution in [2.24, 2.45) is 47.3 Å². The van der Waals surface area contributed by atoms with Crippen molar-refractivity contribution in [2.75, 3.05) is 9.80 Å². The quantitative estimate of drug-likeness (QED) is 0.133. The number of fused-ring (bicyclic) bond motifs is 10. The molecule has 0 aromatic heterocycles. The fourth-order valence-electron chi connectivity index (χ4n) is 9.20. The molecule has 6 nitrogen and oxygen atoms in total. The van der Waals surface area contributed by atoms with Crippen LogP contribution in [0.25, 0.3) is 0 Å². The molecule has 252 valence electrons. The third kappa shape index (κ3) is 5.19. The molecule has 4 aliphatic carbocycles. The highest BCUT2D eigenvalue weighted by Crippen LogP contribution is 2.54. The van der Waals surface area contributed by atoms with Crippen LogP contribution >= 0.6 is 35.3 Å². The monoisotopic (exact) mass is 724 g/mol. The van der Waals surface area contributed by atoms with Gasteiger partial charge in [0.2, 0.25) is 23.6 Å². The maximum atomic E-state index is 13.2. The van der Waals surface area contributed by atoms with Gasteiger partial charge in [0.1, 0.15) is 0 Å². The zero-order valence-electron chi connectivity index (χ0n) is 27.3. The molecule has 0 unspecified atom stereocenters. The minimum atomic E-state index is -0.185. The van der Waals surface area contributed by atoms with Gasteiger partial charge in [-0.3, -0.25) is 29.0 Å². The lowest BCUT2D eigenvalue weighted by atomic mass is 9.85. The van der Waals surface area contributed by atoms with Crippen molar-refractivity contribution in [3.63, 3.8) is 0 Å². The van der Waals surface area contributed by atoms with Crippen LogP contribution in [0.5, 0.6) is 0 Å². The van der Waals surface area contributed by atoms with Crippen molar-refractivity contribution >= 4 is 70.3 Å². The normalized spacial score (nSPS) is 29.6. The molecule has 2 saturated heterocycles. The van der Waals surface area contributed by atoms with E-state index in [1.807, 2.05) is 48.5 Å². The molecule has 0 spiro atoms. The summed E-state index contributed by atoms with van der Waals surface area (Å²) in [6.45, 7) is 0. The van der Waals surface area contributed by atoms with E-state index in [1.54, 1.807) is 35.3 Å². The van der Waals surface area contributed by atoms with E-state index in [0.29, 0.717) is 11.4 Å². The van der Waals surface area contributed by atoms with Gasteiger partial charge in [-0.2, -0.15) is 0 Å². The number of hydrogen-bond donors (Lipinski definition) is 0. The van der Waals surface area contributed by atoms with Gasteiger partial charge in [0.05, 0.1) is 35.0 Å². The number of carbonyl (C=O) groups is 4. The van der Waals surface area contributed by atoms with Crippen molar-refractivity contribution in [2.45, 2.75) is 42.2 Å². The Balaban J connectivity index is 0.736. The molecule has 4 amide bonds. The molecule has 0 radical (unpaired) electrons. The Morgan fingerprint density at radius 1 is 0.353 bits per heavy atom. The molecule has 9 heteroatoms. The van der Waals surface area contributed by atoms with E-state index < -0.39 is 0 Å². The summed E-state index contributed by atoms with van der Waals surface area (Å²) in [6.07, 6.45) is 10.4. The molecule has 51 heavy (non-hydrogen) atoms. The van der Waals surface area contributed by atoms with E-state index in [9.17, 15) is 19.2 Å². The molecule has 0 N–H and O–H groups in total. The Labute approximate surface area is 308 Å². The highest BCUT2D eigenvalue weighted by Gasteiger charge is 2.60. The predicted octanol–water partition coefficient (Wildman–Crippen LogP) is 8.76. The summed E-state index contributed by atoms with van der Waals surface area (Å²) in [5.74, 6) is -0.0722. The first-order valence-electron chi connectivity index (χ1n) is 17.5. The smallest absolute Gasteiger partial charge is 0.238 e. The summed E-state index contributed by atoms with van der Waals surface area (Å²) in [5, 5.41) is 0. The Morgan fingerprint density at radius 2 is 0.569 bits per heavy atom. The van der Waals surface area contributed by atoms with Crippen molar-refractivity contribution in [1.82, 2.24) is 0 Å². The van der Waals surface area contributed by atoms with E-state index in [2.05, 4.69) is 72.8 Å². The van der Waals surface area contributed by atoms with Gasteiger partial charge in [0.25, 0.3) is 0 Å². The van der Waals surface area contributed by atoms with E-state index >= 15 is 0 Å². The molecule has 2 saturated carbocycles. The van der Waals surface area contributed by atoms with Crippen LogP contribution in [0.4, 0.5) is 11.4 Å². The number of nitrogens with zero attached hydrogens (tertiary/aromatic N) is 2. The van der Waals surface area contributed by atoms with E-state index in [1.165, 1.54) is 9.80 Å². The minimum absolute atomic E-state index is 0.0448. The van der Waals surface area contributed by atoms with Gasteiger partial charge in [-0.15, -0.1) is 0 Å². The molecular formula is C42H32N2O4S3. The maximum absolute atomic E-state index is 13.2. The van der Waals surface area contributed by atoms with Crippen LogP contribution < -0.4 is 9.80 Å². The van der Waals surface area contributed by atoms with Gasteiger partial charge in [0, 0.05) is 29.4 Å². The second kappa shape index (κ2) is 12.1. The number of benzene rings is 4. The fraction of sp³-hybridized carbons (Fsp3) is 0.238. The lowest BCUT2D eigenvalue weighted by molar-refractivity contribution is -0.124. The summed E-state index contributed by atoms with van der Waals surface area (Å²) in [4.78, 5) is 62.1. The Kier molecular flexibility index (Phi) is 7.48. The van der Waals surface area contributed by atoms with Gasteiger partial charge in [-0.25, -0.2) is 0 Å². The molecule has 8 atom stereocenters. The molecule has 4 fully saturated rings. The number of carbonyl (C=O) groups excluding carboxylic acids is 4. The van der Waals surface area contributed by atoms with Crippen LogP contribution in [0.15, 0.2) is 151 Å². The standard InChI is InChI=1S/C42H32N2O4S3/c45-39-35-23-1-2-24(21-23)36(35)40(46)43(39)27-5-9-29(10-6-27)49-31-13-17-33(18-14-31)51-34-19-15-32(16-20-34)50-30-11-7-28(8-12-30)44-41(47)37-25-3-4-26(22-25)38(37)42(44)48/h1-20,23-26,35-38H,21-22H2/t23-,24-,25-,26-,35-,36-,37-,38+/m0/s1. The van der Waals surface area contributed by atoms with Gasteiger partial charge in [-0.05, 0) is 134 Å². The first-order chi connectivity index (χ1) is 24.9. The number of rotatable bonds is 8. The number of allylic oxidation sites excluding steroid dienone is 4. The Morgan fingerprint density at radius 3 is 0.804 bits per heavy atom. The van der Waals surface area contributed by atoms with Crippen LogP contribution in [0.1, 0.15) is 12.8 Å². The lowest BCUT2D eigenvalue weighted by Crippen LogP contribution is -2.32. The first-order valence-corrected chi connectivity index (χ1v) is 19.9. The average Bonchev–Trinajstić information content (AvgIpc) is 4.01. The SMILES string of the molecule is O=C1[C@@H]2[C@@H](C(=O)N1c1ccc(Sc3ccc(Sc4ccc(Sc5ccc(N6C(=O)[C@@H]7[C@H](C6=O)[C@H]6C=C[C@H]7C6)cc5)cc4)cc3)cc1)[C@H]1C=C[C@H]2C1. The molecular weight excluding hydrogens is 693 g/mol. The highest BCUT2D eigenvalue weighted by molar-refractivity contribution is 8.00. The van der Waals surface area contributed by atoms with Crippen LogP contribution in [-0.4, -0.2) is 23.6 Å². The molecule has 6 aliphatic rings. The van der Waals surface area contributed by atoms with E-state index in [-0.39, 0.29) is 71.0 Å². The summed E-state index contributed by atoms with van der Waals surface area (Å²) in [7, 11) is 0. The van der Waals surface area contributed by atoms with Crippen molar-refractivity contribution in [1.29, 1.82) is 0 Å². The topological polar surface area (TPSA) is 74.8 Å². The number of amides is 4. The molecule has 4 bridgehead atoms.